The number of hydrogen-bond acceptors (Lipinski definition) is 5. The fraction of sp³-hybridized carbons (Fsp3) is 0.333. The van der Waals surface area contributed by atoms with Gasteiger partial charge in [0.1, 0.15) is 0 Å². The summed E-state index contributed by atoms with van der Waals surface area (Å²) in [4.78, 5) is 22.4. The number of methoxy groups -OCH3 is 2. The first-order valence-electron chi connectivity index (χ1n) is 5.59. The van der Waals surface area contributed by atoms with Gasteiger partial charge in [-0.2, -0.15) is 0 Å². The zero-order valence-corrected chi connectivity index (χ0v) is 10.9. The molecular formula is C12H17N3O4. The van der Waals surface area contributed by atoms with Crippen LogP contribution in [0, 0.1) is 0 Å². The zero-order chi connectivity index (χ0) is 14.3. The van der Waals surface area contributed by atoms with Crippen LogP contribution in [-0.4, -0.2) is 39.1 Å². The predicted molar refractivity (Wildman–Crippen MR) is 70.2 cm³/mol. The van der Waals surface area contributed by atoms with Gasteiger partial charge in [0.15, 0.2) is 11.5 Å². The lowest BCUT2D eigenvalue weighted by Gasteiger charge is -2.10. The third-order valence-corrected chi connectivity index (χ3v) is 2.30. The Hall–Kier alpha value is -2.28. The van der Waals surface area contributed by atoms with Crippen molar-refractivity contribution in [2.45, 2.75) is 0 Å². The van der Waals surface area contributed by atoms with Gasteiger partial charge >= 0.3 is 0 Å². The average Bonchev–Trinajstić information content (AvgIpc) is 2.44. The molecule has 0 aliphatic carbocycles. The third kappa shape index (κ3) is 4.47. The highest BCUT2D eigenvalue weighted by atomic mass is 16.5. The van der Waals surface area contributed by atoms with Gasteiger partial charge in [-0.25, -0.2) is 0 Å². The molecule has 1 rings (SSSR count). The van der Waals surface area contributed by atoms with Crippen LogP contribution in [0.3, 0.4) is 0 Å². The van der Waals surface area contributed by atoms with Gasteiger partial charge in [0.25, 0.3) is 0 Å². The molecular weight excluding hydrogens is 250 g/mol. The standard InChI is InChI=1S/C12H17N3O4/c1-18-9-4-3-8(5-10(9)19-2)15-12(17)7-14-11(16)6-13/h3-5H,6-7,13H2,1-2H3,(H,14,16)(H,15,17). The molecule has 0 aliphatic heterocycles. The van der Waals surface area contributed by atoms with Gasteiger partial charge in [-0.1, -0.05) is 0 Å². The van der Waals surface area contributed by atoms with E-state index in [0.717, 1.165) is 0 Å². The lowest BCUT2D eigenvalue weighted by Crippen LogP contribution is -2.36. The quantitative estimate of drug-likeness (QED) is 0.657. The van der Waals surface area contributed by atoms with Gasteiger partial charge in [-0.15, -0.1) is 0 Å². The fourth-order valence-electron chi connectivity index (χ4n) is 1.37. The molecule has 19 heavy (non-hydrogen) atoms. The average molecular weight is 267 g/mol. The maximum Gasteiger partial charge on any atom is 0.243 e. The van der Waals surface area contributed by atoms with Gasteiger partial charge < -0.3 is 25.8 Å². The second kappa shape index (κ2) is 7.22. The van der Waals surface area contributed by atoms with E-state index in [-0.39, 0.29) is 24.9 Å². The maximum absolute atomic E-state index is 11.5. The predicted octanol–water partition coefficient (Wildman–Crippen LogP) is -0.283. The van der Waals surface area contributed by atoms with Crippen LogP contribution in [0.4, 0.5) is 5.69 Å². The van der Waals surface area contributed by atoms with Crippen molar-refractivity contribution in [3.8, 4) is 11.5 Å². The number of nitrogens with two attached hydrogens (primary N) is 1. The molecule has 104 valence electrons. The molecule has 0 unspecified atom stereocenters. The Labute approximate surface area is 111 Å². The van der Waals surface area contributed by atoms with Crippen LogP contribution < -0.4 is 25.8 Å². The Bertz CT molecular complexity index is 462. The van der Waals surface area contributed by atoms with Crippen LogP contribution in [0.25, 0.3) is 0 Å². The van der Waals surface area contributed by atoms with Crippen LogP contribution in [0.15, 0.2) is 18.2 Å². The Morgan fingerprint density at radius 1 is 1.16 bits per heavy atom. The molecule has 0 saturated carbocycles. The Kier molecular flexibility index (Phi) is 5.62. The molecule has 1 aromatic carbocycles. The van der Waals surface area contributed by atoms with E-state index in [2.05, 4.69) is 10.6 Å². The number of carbonyl (C=O) groups is 2. The summed E-state index contributed by atoms with van der Waals surface area (Å²) in [6.45, 7) is -0.284. The third-order valence-electron chi connectivity index (χ3n) is 2.30. The number of ether oxygens (including phenoxy) is 2. The molecule has 0 fully saturated rings. The first kappa shape index (κ1) is 14.8. The van der Waals surface area contributed by atoms with E-state index >= 15 is 0 Å². The zero-order valence-electron chi connectivity index (χ0n) is 10.9. The van der Waals surface area contributed by atoms with Crippen LogP contribution in [0.5, 0.6) is 11.5 Å². The Morgan fingerprint density at radius 2 is 1.84 bits per heavy atom. The van der Waals surface area contributed by atoms with Crippen molar-refractivity contribution in [2.75, 3.05) is 32.6 Å². The smallest absolute Gasteiger partial charge is 0.243 e. The van der Waals surface area contributed by atoms with Crippen molar-refractivity contribution in [3.63, 3.8) is 0 Å². The largest absolute Gasteiger partial charge is 0.493 e. The first-order valence-corrected chi connectivity index (χ1v) is 5.59. The van der Waals surface area contributed by atoms with Crippen LogP contribution >= 0.6 is 0 Å². The van der Waals surface area contributed by atoms with Gasteiger partial charge in [0.05, 0.1) is 27.3 Å². The molecule has 0 radical (unpaired) electrons. The number of carbonyl (C=O) groups excluding carboxylic acids is 2. The van der Waals surface area contributed by atoms with Crippen molar-refractivity contribution < 1.29 is 19.1 Å². The molecule has 0 heterocycles. The number of nitrogens with one attached hydrogen (secondary N) is 2. The monoisotopic (exact) mass is 267 g/mol. The number of rotatable bonds is 6. The van der Waals surface area contributed by atoms with Crippen LogP contribution in [0.2, 0.25) is 0 Å². The molecule has 0 bridgehead atoms. The van der Waals surface area contributed by atoms with E-state index < -0.39 is 0 Å². The first-order chi connectivity index (χ1) is 9.10. The topological polar surface area (TPSA) is 103 Å². The second-order valence-corrected chi connectivity index (χ2v) is 3.60. The molecule has 0 aromatic heterocycles. The van der Waals surface area contributed by atoms with Crippen molar-refractivity contribution >= 4 is 17.5 Å². The minimum atomic E-state index is -0.387. The Balaban J connectivity index is 2.61. The molecule has 0 saturated heterocycles. The highest BCUT2D eigenvalue weighted by Crippen LogP contribution is 2.29. The van der Waals surface area contributed by atoms with Crippen molar-refractivity contribution in [1.29, 1.82) is 0 Å². The van der Waals surface area contributed by atoms with E-state index in [0.29, 0.717) is 17.2 Å². The Morgan fingerprint density at radius 3 is 2.42 bits per heavy atom. The second-order valence-electron chi connectivity index (χ2n) is 3.60. The normalized spacial score (nSPS) is 9.63. The molecule has 0 spiro atoms. The molecule has 2 amide bonds. The molecule has 0 atom stereocenters. The molecule has 7 heteroatoms. The fourth-order valence-corrected chi connectivity index (χ4v) is 1.37. The van der Waals surface area contributed by atoms with Crippen LogP contribution in [-0.2, 0) is 9.59 Å². The summed E-state index contributed by atoms with van der Waals surface area (Å²) < 4.78 is 10.2. The van der Waals surface area contributed by atoms with Gasteiger partial charge in [-0.3, -0.25) is 9.59 Å². The highest BCUT2D eigenvalue weighted by Gasteiger charge is 2.08. The lowest BCUT2D eigenvalue weighted by molar-refractivity contribution is -0.123. The van der Waals surface area contributed by atoms with E-state index in [4.69, 9.17) is 15.2 Å². The molecule has 0 aliphatic rings. The summed E-state index contributed by atoms with van der Waals surface area (Å²) in [7, 11) is 3.03. The summed E-state index contributed by atoms with van der Waals surface area (Å²) >= 11 is 0. The summed E-state index contributed by atoms with van der Waals surface area (Å²) in [5.41, 5.74) is 5.65. The SMILES string of the molecule is COc1ccc(NC(=O)CNC(=O)CN)cc1OC. The molecule has 7 nitrogen and oxygen atoms in total. The number of anilines is 1. The van der Waals surface area contributed by atoms with Gasteiger partial charge in [0, 0.05) is 11.8 Å². The number of benzene rings is 1. The summed E-state index contributed by atoms with van der Waals surface area (Å²) in [5.74, 6) is 0.333. The maximum atomic E-state index is 11.5. The van der Waals surface area contributed by atoms with Gasteiger partial charge in [-0.05, 0) is 12.1 Å². The van der Waals surface area contributed by atoms with Crippen LogP contribution in [0.1, 0.15) is 0 Å². The molecule has 4 N–H and O–H groups in total. The molecule has 1 aromatic rings. The number of amides is 2. The minimum Gasteiger partial charge on any atom is -0.493 e. The highest BCUT2D eigenvalue weighted by molar-refractivity contribution is 5.94. The van der Waals surface area contributed by atoms with Gasteiger partial charge in [0.2, 0.25) is 11.8 Å². The van der Waals surface area contributed by atoms with E-state index in [9.17, 15) is 9.59 Å². The summed E-state index contributed by atoms with van der Waals surface area (Å²) in [6.07, 6.45) is 0. The van der Waals surface area contributed by atoms with E-state index in [1.165, 1.54) is 14.2 Å². The lowest BCUT2D eigenvalue weighted by atomic mass is 10.2. The summed E-state index contributed by atoms with van der Waals surface area (Å²) in [5, 5.41) is 4.99. The van der Waals surface area contributed by atoms with Crippen molar-refractivity contribution in [1.82, 2.24) is 5.32 Å². The minimum absolute atomic E-state index is 0.135. The number of hydrogen-bond donors (Lipinski definition) is 3. The van der Waals surface area contributed by atoms with E-state index in [1.807, 2.05) is 0 Å². The van der Waals surface area contributed by atoms with Crippen molar-refractivity contribution in [2.24, 2.45) is 5.73 Å². The summed E-state index contributed by atoms with van der Waals surface area (Å²) in [6, 6.07) is 4.97. The van der Waals surface area contributed by atoms with Crippen molar-refractivity contribution in [3.05, 3.63) is 18.2 Å². The van der Waals surface area contributed by atoms with E-state index in [1.54, 1.807) is 18.2 Å².